The second-order valence-electron chi connectivity index (χ2n) is 8.60. The van der Waals surface area contributed by atoms with Crippen molar-refractivity contribution >= 4 is 0 Å². The van der Waals surface area contributed by atoms with Gasteiger partial charge in [0.05, 0.1) is 11.1 Å². The van der Waals surface area contributed by atoms with E-state index in [0.29, 0.717) is 23.3 Å². The van der Waals surface area contributed by atoms with E-state index in [2.05, 4.69) is 9.47 Å². The van der Waals surface area contributed by atoms with E-state index in [4.69, 9.17) is 0 Å². The lowest BCUT2D eigenvalue weighted by molar-refractivity contribution is -0.188. The molecule has 4 rings (SSSR count). The Kier molecular flexibility index (Phi) is 7.85. The summed E-state index contributed by atoms with van der Waals surface area (Å²) in [7, 11) is 0. The van der Waals surface area contributed by atoms with E-state index in [-0.39, 0.29) is 12.1 Å². The molecule has 0 aliphatic heterocycles. The summed E-state index contributed by atoms with van der Waals surface area (Å²) in [6.07, 6.45) is -6.50. The lowest BCUT2D eigenvalue weighted by atomic mass is 10.0. The fourth-order valence-corrected chi connectivity index (χ4v) is 3.80. The summed E-state index contributed by atoms with van der Waals surface area (Å²) in [6.45, 7) is 2.03. The average Bonchev–Trinajstić information content (AvgIpc) is 2.87. The van der Waals surface area contributed by atoms with E-state index in [9.17, 15) is 35.1 Å². The topological polar surface area (TPSA) is 18.5 Å². The third kappa shape index (κ3) is 6.32. The maximum absolute atomic E-state index is 14.8. The van der Waals surface area contributed by atoms with E-state index in [1.54, 1.807) is 12.1 Å². The molecule has 204 valence electrons. The van der Waals surface area contributed by atoms with Crippen molar-refractivity contribution in [1.29, 1.82) is 0 Å². The predicted octanol–water partition coefficient (Wildman–Crippen LogP) is 9.12. The molecular formula is C29H20F8O2. The zero-order valence-corrected chi connectivity index (χ0v) is 20.3. The molecular weight excluding hydrogens is 532 g/mol. The van der Waals surface area contributed by atoms with Gasteiger partial charge in [0.25, 0.3) is 0 Å². The van der Waals surface area contributed by atoms with Gasteiger partial charge in [-0.3, -0.25) is 0 Å². The summed E-state index contributed by atoms with van der Waals surface area (Å²) in [4.78, 5) is 0. The standard InChI is InChI=1S/C29H20F8O2/c1-2-3-17-4-6-18(7-5-17)19-8-13-23(24(30)14-19)29(36,37)38-21-11-9-20(10-12-21)28(34,35)39-22-15-25(31)27(33)26(32)16-22/h4-16H,2-3H2,1H3. The van der Waals surface area contributed by atoms with Crippen LogP contribution in [0, 0.1) is 23.3 Å². The molecule has 0 radical (unpaired) electrons. The van der Waals surface area contributed by atoms with Crippen LogP contribution in [-0.2, 0) is 18.6 Å². The van der Waals surface area contributed by atoms with E-state index in [1.807, 2.05) is 19.1 Å². The van der Waals surface area contributed by atoms with Crippen LogP contribution >= 0.6 is 0 Å². The fraction of sp³-hybridized carbons (Fsp3) is 0.172. The zero-order chi connectivity index (χ0) is 28.4. The third-order valence-electron chi connectivity index (χ3n) is 5.75. The number of hydrogen-bond donors (Lipinski definition) is 0. The average molecular weight is 552 g/mol. The molecule has 0 spiro atoms. The van der Waals surface area contributed by atoms with Crippen LogP contribution in [0.15, 0.2) is 78.9 Å². The maximum Gasteiger partial charge on any atom is 0.429 e. The summed E-state index contributed by atoms with van der Waals surface area (Å²) in [5.74, 6) is -8.15. The Labute approximate surface area is 218 Å². The number of ether oxygens (including phenoxy) is 2. The number of alkyl halides is 4. The lowest BCUT2D eigenvalue weighted by Gasteiger charge is -2.21. The molecule has 0 heterocycles. The Morgan fingerprint density at radius 1 is 0.590 bits per heavy atom. The molecule has 0 aromatic heterocycles. The Bertz CT molecular complexity index is 1430. The van der Waals surface area contributed by atoms with E-state index in [0.717, 1.165) is 42.7 Å². The van der Waals surface area contributed by atoms with Crippen molar-refractivity contribution in [3.63, 3.8) is 0 Å². The van der Waals surface area contributed by atoms with E-state index in [1.165, 1.54) is 6.07 Å². The number of hydrogen-bond acceptors (Lipinski definition) is 2. The molecule has 0 fully saturated rings. The molecule has 0 saturated heterocycles. The first-order chi connectivity index (χ1) is 18.4. The first-order valence-electron chi connectivity index (χ1n) is 11.7. The maximum atomic E-state index is 14.8. The van der Waals surface area contributed by atoms with Crippen molar-refractivity contribution in [2.24, 2.45) is 0 Å². The molecule has 0 bridgehead atoms. The minimum atomic E-state index is -4.17. The number of rotatable bonds is 9. The van der Waals surface area contributed by atoms with Crippen LogP contribution in [0.4, 0.5) is 35.1 Å². The first kappa shape index (κ1) is 27.9. The summed E-state index contributed by atoms with van der Waals surface area (Å²) in [5, 5.41) is 0. The zero-order valence-electron chi connectivity index (χ0n) is 20.3. The van der Waals surface area contributed by atoms with Crippen molar-refractivity contribution in [2.75, 3.05) is 0 Å². The molecule has 0 atom stereocenters. The monoisotopic (exact) mass is 552 g/mol. The van der Waals surface area contributed by atoms with Gasteiger partial charge in [0.15, 0.2) is 17.5 Å². The molecule has 4 aromatic rings. The molecule has 0 aliphatic rings. The number of halogens is 8. The van der Waals surface area contributed by atoms with Crippen molar-refractivity contribution in [1.82, 2.24) is 0 Å². The highest BCUT2D eigenvalue weighted by atomic mass is 19.3. The minimum Gasteiger partial charge on any atom is -0.429 e. The molecule has 39 heavy (non-hydrogen) atoms. The van der Waals surface area contributed by atoms with Crippen LogP contribution in [0.25, 0.3) is 11.1 Å². The quantitative estimate of drug-likeness (QED) is 0.152. The number of aryl methyl sites for hydroxylation is 1. The second-order valence-corrected chi connectivity index (χ2v) is 8.60. The van der Waals surface area contributed by atoms with Crippen molar-refractivity contribution in [3.8, 4) is 22.6 Å². The Balaban J connectivity index is 1.48. The van der Waals surface area contributed by atoms with Gasteiger partial charge in [0.2, 0.25) is 0 Å². The second kappa shape index (κ2) is 11.0. The Morgan fingerprint density at radius 3 is 1.72 bits per heavy atom. The molecule has 2 nitrogen and oxygen atoms in total. The molecule has 0 N–H and O–H groups in total. The van der Waals surface area contributed by atoms with Crippen LogP contribution in [0.1, 0.15) is 30.0 Å². The van der Waals surface area contributed by atoms with Crippen LogP contribution in [0.5, 0.6) is 11.5 Å². The van der Waals surface area contributed by atoms with Crippen LogP contribution in [0.3, 0.4) is 0 Å². The summed E-state index contributed by atoms with van der Waals surface area (Å²) in [6, 6.07) is 13.7. The minimum absolute atomic E-state index is 0.228. The smallest absolute Gasteiger partial charge is 0.429 e. The van der Waals surface area contributed by atoms with Gasteiger partial charge >= 0.3 is 12.2 Å². The molecule has 0 saturated carbocycles. The Hall–Kier alpha value is -4.08. The van der Waals surface area contributed by atoms with Crippen LogP contribution in [0.2, 0.25) is 0 Å². The van der Waals surface area contributed by atoms with Crippen molar-refractivity contribution in [2.45, 2.75) is 32.0 Å². The molecule has 0 aliphatic carbocycles. The molecule has 0 amide bonds. The van der Waals surface area contributed by atoms with E-state index >= 15 is 0 Å². The highest BCUT2D eigenvalue weighted by molar-refractivity contribution is 5.64. The molecule has 10 heteroatoms. The molecule has 4 aromatic carbocycles. The van der Waals surface area contributed by atoms with Crippen LogP contribution < -0.4 is 9.47 Å². The normalized spacial score (nSPS) is 11.9. The van der Waals surface area contributed by atoms with Gasteiger partial charge in [-0.25, -0.2) is 17.6 Å². The van der Waals surface area contributed by atoms with Crippen molar-refractivity contribution < 1.29 is 44.6 Å². The van der Waals surface area contributed by atoms with Crippen LogP contribution in [-0.4, -0.2) is 0 Å². The van der Waals surface area contributed by atoms with Gasteiger partial charge in [0, 0.05) is 12.1 Å². The van der Waals surface area contributed by atoms with E-state index < -0.39 is 58.1 Å². The van der Waals surface area contributed by atoms with Gasteiger partial charge in [-0.2, -0.15) is 17.6 Å². The first-order valence-corrected chi connectivity index (χ1v) is 11.7. The SMILES string of the molecule is CCCc1ccc(-c2ccc(C(F)(F)Oc3ccc(C(F)(F)Oc4cc(F)c(F)c(F)c4)cc3)c(F)c2)cc1. The van der Waals surface area contributed by atoms with Gasteiger partial charge in [0.1, 0.15) is 17.3 Å². The molecule has 0 unspecified atom stereocenters. The fourth-order valence-electron chi connectivity index (χ4n) is 3.80. The summed E-state index contributed by atoms with van der Waals surface area (Å²) < 4.78 is 122. The largest absolute Gasteiger partial charge is 0.429 e. The third-order valence-corrected chi connectivity index (χ3v) is 5.75. The number of benzene rings is 4. The highest BCUT2D eigenvalue weighted by Crippen LogP contribution is 2.37. The van der Waals surface area contributed by atoms with Gasteiger partial charge < -0.3 is 9.47 Å². The predicted molar refractivity (Wildman–Crippen MR) is 128 cm³/mol. The summed E-state index contributed by atoms with van der Waals surface area (Å²) >= 11 is 0. The summed E-state index contributed by atoms with van der Waals surface area (Å²) in [5.41, 5.74) is 0.152. The van der Waals surface area contributed by atoms with Gasteiger partial charge in [-0.05, 0) is 59.5 Å². The Morgan fingerprint density at radius 2 is 1.15 bits per heavy atom. The highest BCUT2D eigenvalue weighted by Gasteiger charge is 2.39. The van der Waals surface area contributed by atoms with Gasteiger partial charge in [-0.15, -0.1) is 0 Å². The van der Waals surface area contributed by atoms with Crippen molar-refractivity contribution in [3.05, 3.63) is 119 Å². The lowest BCUT2D eigenvalue weighted by Crippen LogP contribution is -2.24. The van der Waals surface area contributed by atoms with Gasteiger partial charge in [-0.1, -0.05) is 43.7 Å².